The van der Waals surface area contributed by atoms with E-state index in [0.29, 0.717) is 33.8 Å². The molecule has 1 N–H and O–H groups in total. The van der Waals surface area contributed by atoms with Gasteiger partial charge in [-0.25, -0.2) is 0 Å². The van der Waals surface area contributed by atoms with Gasteiger partial charge in [0.1, 0.15) is 0 Å². The van der Waals surface area contributed by atoms with Gasteiger partial charge >= 0.3 is 0 Å². The minimum Gasteiger partial charge on any atom is -0.313 e. The highest BCUT2D eigenvalue weighted by Crippen LogP contribution is 2.40. The summed E-state index contributed by atoms with van der Waals surface area (Å²) in [6, 6.07) is 0.450. The van der Waals surface area contributed by atoms with Crippen molar-refractivity contribution in [3.8, 4) is 0 Å². The lowest BCUT2D eigenvalue weighted by Gasteiger charge is -2.42. The molecule has 2 nitrogen and oxygen atoms in total. The molecule has 1 aliphatic carbocycles. The Labute approximate surface area is 135 Å². The molecule has 0 aromatic heterocycles. The Hall–Kier alpha value is 0.110. The third-order valence-corrected chi connectivity index (χ3v) is 7.67. The van der Waals surface area contributed by atoms with Crippen molar-refractivity contribution in [2.75, 3.05) is 6.54 Å². The minimum atomic E-state index is -0.733. The molecule has 0 aromatic carbocycles. The van der Waals surface area contributed by atoms with E-state index in [-0.39, 0.29) is 0 Å². The predicted molar refractivity (Wildman–Crippen MR) is 95.1 cm³/mol. The summed E-state index contributed by atoms with van der Waals surface area (Å²) in [5.41, 5.74) is 0.333. The van der Waals surface area contributed by atoms with Crippen LogP contribution in [0.15, 0.2) is 0 Å². The van der Waals surface area contributed by atoms with Gasteiger partial charge in [-0.15, -0.1) is 0 Å². The largest absolute Gasteiger partial charge is 0.313 e. The lowest BCUT2D eigenvalue weighted by atomic mass is 9.71. The zero-order valence-electron chi connectivity index (χ0n) is 15.2. The average Bonchev–Trinajstić information content (AvgIpc) is 2.42. The Kier molecular flexibility index (Phi) is 7.39. The smallest absolute Gasteiger partial charge is 0.0506 e. The van der Waals surface area contributed by atoms with Crippen molar-refractivity contribution >= 4 is 10.8 Å². The van der Waals surface area contributed by atoms with Crippen LogP contribution in [0.25, 0.3) is 0 Å². The van der Waals surface area contributed by atoms with Crippen molar-refractivity contribution in [3.63, 3.8) is 0 Å². The molecule has 1 aliphatic rings. The topological polar surface area (TPSA) is 29.1 Å². The Bertz CT molecular complexity index is 335. The fourth-order valence-corrected chi connectivity index (χ4v) is 5.35. The molecule has 0 saturated heterocycles. The monoisotopic (exact) mass is 315 g/mol. The van der Waals surface area contributed by atoms with Gasteiger partial charge in [0.2, 0.25) is 0 Å². The van der Waals surface area contributed by atoms with Crippen LogP contribution in [0.5, 0.6) is 0 Å². The molecule has 3 heteroatoms. The lowest BCUT2D eigenvalue weighted by Crippen LogP contribution is -2.50. The van der Waals surface area contributed by atoms with Crippen molar-refractivity contribution < 1.29 is 4.21 Å². The normalized spacial score (nSPS) is 30.4. The van der Waals surface area contributed by atoms with E-state index < -0.39 is 10.8 Å². The SMILES string of the molecule is CCCNC1CCC(C(C)(C)C)CC1S(=O)C(C)C(C)C. The van der Waals surface area contributed by atoms with Gasteiger partial charge in [-0.2, -0.15) is 0 Å². The molecule has 0 bridgehead atoms. The maximum atomic E-state index is 13.1. The summed E-state index contributed by atoms with van der Waals surface area (Å²) < 4.78 is 13.1. The lowest BCUT2D eigenvalue weighted by molar-refractivity contribution is 0.163. The summed E-state index contributed by atoms with van der Waals surface area (Å²) in [4.78, 5) is 0. The highest BCUT2D eigenvalue weighted by molar-refractivity contribution is 7.86. The van der Waals surface area contributed by atoms with Gasteiger partial charge in [-0.05, 0) is 49.5 Å². The van der Waals surface area contributed by atoms with Gasteiger partial charge in [-0.1, -0.05) is 48.5 Å². The molecule has 0 amide bonds. The predicted octanol–water partition coefficient (Wildman–Crippen LogP) is 4.36. The zero-order chi connectivity index (χ0) is 16.2. The van der Waals surface area contributed by atoms with Crippen LogP contribution in [0.1, 0.15) is 74.1 Å². The highest BCUT2D eigenvalue weighted by Gasteiger charge is 2.39. The van der Waals surface area contributed by atoms with E-state index in [0.717, 1.165) is 19.4 Å². The van der Waals surface area contributed by atoms with Crippen molar-refractivity contribution in [2.45, 2.75) is 90.7 Å². The molecule has 0 spiro atoms. The van der Waals surface area contributed by atoms with Crippen LogP contribution >= 0.6 is 0 Å². The van der Waals surface area contributed by atoms with E-state index >= 15 is 0 Å². The Morgan fingerprint density at radius 2 is 1.81 bits per heavy atom. The summed E-state index contributed by atoms with van der Waals surface area (Å²) in [5, 5.41) is 4.29. The van der Waals surface area contributed by atoms with Gasteiger partial charge in [0, 0.05) is 22.1 Å². The molecule has 1 fully saturated rings. The summed E-state index contributed by atoms with van der Waals surface area (Å²) >= 11 is 0. The second-order valence-corrected chi connectivity index (χ2v) is 10.3. The van der Waals surface area contributed by atoms with E-state index in [1.807, 2.05) is 0 Å². The van der Waals surface area contributed by atoms with Crippen LogP contribution in [0, 0.1) is 17.3 Å². The van der Waals surface area contributed by atoms with Crippen LogP contribution < -0.4 is 5.32 Å². The summed E-state index contributed by atoms with van der Waals surface area (Å²) in [5.74, 6) is 1.19. The van der Waals surface area contributed by atoms with Crippen molar-refractivity contribution in [1.82, 2.24) is 5.32 Å². The first-order valence-electron chi connectivity index (χ1n) is 8.81. The van der Waals surface area contributed by atoms with Crippen molar-refractivity contribution in [1.29, 1.82) is 0 Å². The number of nitrogens with one attached hydrogen (secondary N) is 1. The molecule has 5 unspecified atom stereocenters. The van der Waals surface area contributed by atoms with E-state index in [1.165, 1.54) is 12.8 Å². The molecular formula is C18H37NOS. The Morgan fingerprint density at radius 3 is 2.29 bits per heavy atom. The van der Waals surface area contributed by atoms with E-state index in [1.54, 1.807) is 0 Å². The third kappa shape index (κ3) is 5.35. The molecule has 0 heterocycles. The second-order valence-electron chi connectivity index (χ2n) is 8.25. The van der Waals surface area contributed by atoms with Crippen molar-refractivity contribution in [3.05, 3.63) is 0 Å². The standard InChI is InChI=1S/C18H37NOS/c1-8-11-19-16-10-9-15(18(5,6)7)12-17(16)21(20)14(4)13(2)3/h13-17,19H,8-12H2,1-7H3. The van der Waals surface area contributed by atoms with Crippen LogP contribution in [0.3, 0.4) is 0 Å². The molecule has 21 heavy (non-hydrogen) atoms. The van der Waals surface area contributed by atoms with Crippen LogP contribution in [0.2, 0.25) is 0 Å². The quantitative estimate of drug-likeness (QED) is 0.789. The van der Waals surface area contributed by atoms with Gasteiger partial charge in [0.15, 0.2) is 0 Å². The summed E-state index contributed by atoms with van der Waals surface area (Å²) in [6.07, 6.45) is 4.73. The van der Waals surface area contributed by atoms with Gasteiger partial charge in [0.05, 0.1) is 5.25 Å². The van der Waals surface area contributed by atoms with E-state index in [2.05, 4.69) is 53.8 Å². The first kappa shape index (κ1) is 19.2. The van der Waals surface area contributed by atoms with Gasteiger partial charge in [-0.3, -0.25) is 4.21 Å². The van der Waals surface area contributed by atoms with Gasteiger partial charge < -0.3 is 5.32 Å². The van der Waals surface area contributed by atoms with Crippen molar-refractivity contribution in [2.24, 2.45) is 17.3 Å². The van der Waals surface area contributed by atoms with Crippen LogP contribution in [0.4, 0.5) is 0 Å². The number of hydrogen-bond donors (Lipinski definition) is 1. The molecule has 1 saturated carbocycles. The number of hydrogen-bond acceptors (Lipinski definition) is 2. The second kappa shape index (κ2) is 8.10. The zero-order valence-corrected chi connectivity index (χ0v) is 16.1. The first-order valence-corrected chi connectivity index (χ1v) is 10.1. The highest BCUT2D eigenvalue weighted by atomic mass is 32.2. The molecule has 0 aromatic rings. The van der Waals surface area contributed by atoms with E-state index in [4.69, 9.17) is 0 Å². The number of rotatable bonds is 6. The fourth-order valence-electron chi connectivity index (χ4n) is 3.28. The van der Waals surface area contributed by atoms with Crippen LogP contribution in [-0.4, -0.2) is 27.3 Å². The molecule has 0 radical (unpaired) electrons. The Balaban J connectivity index is 2.85. The third-order valence-electron chi connectivity index (χ3n) is 5.28. The van der Waals surface area contributed by atoms with E-state index in [9.17, 15) is 4.21 Å². The molecule has 0 aliphatic heterocycles. The Morgan fingerprint density at radius 1 is 1.19 bits per heavy atom. The summed E-state index contributed by atoms with van der Waals surface area (Å²) in [6.45, 7) is 16.8. The molecule has 5 atom stereocenters. The molecule has 126 valence electrons. The molecular weight excluding hydrogens is 278 g/mol. The maximum Gasteiger partial charge on any atom is 0.0506 e. The maximum absolute atomic E-state index is 13.1. The summed E-state index contributed by atoms with van der Waals surface area (Å²) in [7, 11) is -0.733. The van der Waals surface area contributed by atoms with Gasteiger partial charge in [0.25, 0.3) is 0 Å². The minimum absolute atomic E-state index is 0.291. The fraction of sp³-hybridized carbons (Fsp3) is 1.00. The molecule has 1 rings (SSSR count). The van der Waals surface area contributed by atoms with Crippen LogP contribution in [-0.2, 0) is 10.8 Å². The first-order chi connectivity index (χ1) is 9.68. The average molecular weight is 316 g/mol.